The van der Waals surface area contributed by atoms with Crippen LogP contribution in [0.2, 0.25) is 0 Å². The highest BCUT2D eigenvalue weighted by molar-refractivity contribution is 5.88. The molecule has 1 fully saturated rings. The highest BCUT2D eigenvalue weighted by atomic mass is 19.1. The Hall–Kier alpha value is -2.15. The maximum Gasteiger partial charge on any atom is 0.240 e. The molecule has 1 aromatic rings. The lowest BCUT2D eigenvalue weighted by Crippen LogP contribution is -2.44. The first-order valence-corrected chi connectivity index (χ1v) is 6.90. The number of rotatable bonds is 5. The molecule has 0 unspecified atom stereocenters. The van der Waals surface area contributed by atoms with Crippen LogP contribution in [0.4, 0.5) is 4.39 Å². The Bertz CT molecular complexity index is 579. The fraction of sp³-hybridized carbons (Fsp3) is 0.467. The van der Waals surface area contributed by atoms with Gasteiger partial charge < -0.3 is 20.1 Å². The van der Waals surface area contributed by atoms with Crippen molar-refractivity contribution in [2.24, 2.45) is 5.73 Å². The third-order valence-electron chi connectivity index (χ3n) is 3.82. The van der Waals surface area contributed by atoms with Gasteiger partial charge in [0.25, 0.3) is 0 Å². The number of halogens is 1. The molecular formula is C15H19FN2O4. The molecule has 0 bridgehead atoms. The first kappa shape index (κ1) is 16.2. The number of amides is 2. The third kappa shape index (κ3) is 3.36. The molecule has 2 amide bonds. The van der Waals surface area contributed by atoms with Crippen molar-refractivity contribution in [1.29, 1.82) is 0 Å². The Kier molecular flexibility index (Phi) is 4.97. The minimum Gasteiger partial charge on any atom is -0.494 e. The smallest absolute Gasteiger partial charge is 0.240 e. The van der Waals surface area contributed by atoms with Crippen LogP contribution >= 0.6 is 0 Å². The van der Waals surface area contributed by atoms with Gasteiger partial charge in [-0.3, -0.25) is 9.59 Å². The highest BCUT2D eigenvalue weighted by Crippen LogP contribution is 2.22. The number of primary amides is 1. The molecule has 0 saturated carbocycles. The number of methoxy groups -OCH3 is 2. The van der Waals surface area contributed by atoms with Crippen LogP contribution in [0.3, 0.4) is 0 Å². The monoisotopic (exact) mass is 310 g/mol. The van der Waals surface area contributed by atoms with Crippen LogP contribution in [0, 0.1) is 5.82 Å². The molecule has 6 nitrogen and oxygen atoms in total. The Labute approximate surface area is 128 Å². The van der Waals surface area contributed by atoms with E-state index in [4.69, 9.17) is 15.2 Å². The SMILES string of the molecule is COc1ccc(CC(=O)N2C[C@@H](OC)C[C@H]2C(N)=O)cc1F. The van der Waals surface area contributed by atoms with E-state index in [9.17, 15) is 14.0 Å². The zero-order chi connectivity index (χ0) is 16.3. The van der Waals surface area contributed by atoms with Crippen LogP contribution < -0.4 is 10.5 Å². The lowest BCUT2D eigenvalue weighted by Gasteiger charge is -2.22. The predicted octanol–water partition coefficient (Wildman–Crippen LogP) is 0.478. The molecule has 0 aromatic heterocycles. The fourth-order valence-electron chi connectivity index (χ4n) is 2.61. The van der Waals surface area contributed by atoms with Crippen molar-refractivity contribution in [3.05, 3.63) is 29.6 Å². The lowest BCUT2D eigenvalue weighted by atomic mass is 10.1. The Balaban J connectivity index is 2.10. The van der Waals surface area contributed by atoms with E-state index in [0.717, 1.165) is 0 Å². The number of nitrogens with zero attached hydrogens (tertiary/aromatic N) is 1. The average Bonchev–Trinajstić information content (AvgIpc) is 2.92. The summed E-state index contributed by atoms with van der Waals surface area (Å²) in [6, 6.07) is 3.65. The van der Waals surface area contributed by atoms with Crippen molar-refractivity contribution in [3.8, 4) is 5.75 Å². The van der Waals surface area contributed by atoms with E-state index in [0.29, 0.717) is 18.5 Å². The number of hydrogen-bond donors (Lipinski definition) is 1. The predicted molar refractivity (Wildman–Crippen MR) is 76.8 cm³/mol. The van der Waals surface area contributed by atoms with Crippen molar-refractivity contribution in [3.63, 3.8) is 0 Å². The second-order valence-electron chi connectivity index (χ2n) is 5.20. The second-order valence-corrected chi connectivity index (χ2v) is 5.20. The van der Waals surface area contributed by atoms with Crippen molar-refractivity contribution in [2.45, 2.75) is 25.0 Å². The van der Waals surface area contributed by atoms with Crippen LogP contribution in [0.25, 0.3) is 0 Å². The summed E-state index contributed by atoms with van der Waals surface area (Å²) in [6.07, 6.45) is 0.157. The molecule has 2 rings (SSSR count). The van der Waals surface area contributed by atoms with Crippen molar-refractivity contribution >= 4 is 11.8 Å². The summed E-state index contributed by atoms with van der Waals surface area (Å²) < 4.78 is 23.7. The van der Waals surface area contributed by atoms with Crippen molar-refractivity contribution in [2.75, 3.05) is 20.8 Å². The van der Waals surface area contributed by atoms with Crippen LogP contribution in [0.15, 0.2) is 18.2 Å². The standard InChI is InChI=1S/C15H19FN2O4/c1-21-10-7-12(15(17)20)18(8-10)14(19)6-9-3-4-13(22-2)11(16)5-9/h3-5,10,12H,6-8H2,1-2H3,(H2,17,20)/t10-,12-/m0/s1. The van der Waals surface area contributed by atoms with Gasteiger partial charge in [0.1, 0.15) is 6.04 Å². The highest BCUT2D eigenvalue weighted by Gasteiger charge is 2.38. The molecule has 0 aliphatic carbocycles. The topological polar surface area (TPSA) is 81.9 Å². The minimum atomic E-state index is -0.680. The van der Waals surface area contributed by atoms with Gasteiger partial charge in [0.15, 0.2) is 11.6 Å². The van der Waals surface area contributed by atoms with E-state index < -0.39 is 17.8 Å². The van der Waals surface area contributed by atoms with Crippen LogP contribution in [-0.4, -0.2) is 49.6 Å². The van der Waals surface area contributed by atoms with E-state index in [1.54, 1.807) is 6.07 Å². The van der Waals surface area contributed by atoms with Gasteiger partial charge in [0, 0.05) is 20.1 Å². The first-order chi connectivity index (χ1) is 10.5. The molecule has 22 heavy (non-hydrogen) atoms. The first-order valence-electron chi connectivity index (χ1n) is 6.90. The molecule has 120 valence electrons. The van der Waals surface area contributed by atoms with Gasteiger partial charge in [-0.2, -0.15) is 0 Å². The number of benzene rings is 1. The Morgan fingerprint density at radius 2 is 2.14 bits per heavy atom. The summed E-state index contributed by atoms with van der Waals surface area (Å²) in [5.41, 5.74) is 5.84. The summed E-state index contributed by atoms with van der Waals surface area (Å²) in [6.45, 7) is 0.307. The lowest BCUT2D eigenvalue weighted by molar-refractivity contribution is -0.136. The van der Waals surface area contributed by atoms with Gasteiger partial charge in [0.05, 0.1) is 19.6 Å². The van der Waals surface area contributed by atoms with Gasteiger partial charge in [-0.05, 0) is 17.7 Å². The number of carbonyl (C=O) groups is 2. The van der Waals surface area contributed by atoms with E-state index in [2.05, 4.69) is 0 Å². The maximum absolute atomic E-state index is 13.7. The normalized spacial score (nSPS) is 21.0. The zero-order valence-electron chi connectivity index (χ0n) is 12.5. The summed E-state index contributed by atoms with van der Waals surface area (Å²) >= 11 is 0. The van der Waals surface area contributed by atoms with E-state index >= 15 is 0 Å². The minimum absolute atomic E-state index is 0.0128. The molecule has 1 saturated heterocycles. The number of nitrogens with two attached hydrogens (primary N) is 1. The van der Waals surface area contributed by atoms with Crippen molar-refractivity contribution < 1.29 is 23.5 Å². The second kappa shape index (κ2) is 6.74. The number of carbonyl (C=O) groups excluding carboxylic acids is 2. The third-order valence-corrected chi connectivity index (χ3v) is 3.82. The molecule has 0 radical (unpaired) electrons. The molecule has 2 atom stereocenters. The number of likely N-dealkylation sites (tertiary alicyclic amines) is 1. The zero-order valence-corrected chi connectivity index (χ0v) is 12.5. The van der Waals surface area contributed by atoms with Crippen molar-refractivity contribution in [1.82, 2.24) is 4.90 Å². The van der Waals surface area contributed by atoms with Gasteiger partial charge in [0.2, 0.25) is 11.8 Å². The van der Waals surface area contributed by atoms with Crippen LogP contribution in [-0.2, 0) is 20.7 Å². The molecule has 1 aliphatic heterocycles. The van der Waals surface area contributed by atoms with Gasteiger partial charge in [-0.15, -0.1) is 0 Å². The molecule has 0 spiro atoms. The molecular weight excluding hydrogens is 291 g/mol. The Morgan fingerprint density at radius 1 is 1.41 bits per heavy atom. The summed E-state index contributed by atoms with van der Waals surface area (Å²) in [7, 11) is 2.89. The van der Waals surface area contributed by atoms with E-state index in [-0.39, 0.29) is 24.2 Å². The molecule has 7 heteroatoms. The molecule has 1 aliphatic rings. The average molecular weight is 310 g/mol. The fourth-order valence-corrected chi connectivity index (χ4v) is 2.61. The maximum atomic E-state index is 13.7. The van der Waals surface area contributed by atoms with E-state index in [1.807, 2.05) is 0 Å². The summed E-state index contributed by atoms with van der Waals surface area (Å²) in [4.78, 5) is 25.2. The van der Waals surface area contributed by atoms with Gasteiger partial charge in [-0.25, -0.2) is 4.39 Å². The molecule has 1 aromatic carbocycles. The van der Waals surface area contributed by atoms with Crippen LogP contribution in [0.1, 0.15) is 12.0 Å². The quantitative estimate of drug-likeness (QED) is 0.857. The number of ether oxygens (including phenoxy) is 2. The van der Waals surface area contributed by atoms with Crippen LogP contribution in [0.5, 0.6) is 5.75 Å². The van der Waals surface area contributed by atoms with Gasteiger partial charge in [-0.1, -0.05) is 6.07 Å². The summed E-state index contributed by atoms with van der Waals surface area (Å²) in [5.74, 6) is -1.26. The molecule has 1 heterocycles. The largest absolute Gasteiger partial charge is 0.494 e. The van der Waals surface area contributed by atoms with E-state index in [1.165, 1.54) is 31.3 Å². The van der Waals surface area contributed by atoms with Gasteiger partial charge >= 0.3 is 0 Å². The Morgan fingerprint density at radius 3 is 2.68 bits per heavy atom. The summed E-state index contributed by atoms with van der Waals surface area (Å²) in [5, 5.41) is 0. The number of hydrogen-bond acceptors (Lipinski definition) is 4. The molecule has 2 N–H and O–H groups in total.